The maximum Gasteiger partial charge on any atom is 0.341 e. The lowest BCUT2D eigenvalue weighted by Crippen LogP contribution is -2.28. The Morgan fingerprint density at radius 2 is 2.04 bits per heavy atom. The van der Waals surface area contributed by atoms with Gasteiger partial charge in [-0.15, -0.1) is 10.2 Å². The number of carbonyl (C=O) groups is 2. The van der Waals surface area contributed by atoms with Gasteiger partial charge in [0.2, 0.25) is 5.13 Å². The fourth-order valence-electron chi connectivity index (χ4n) is 2.34. The van der Waals surface area contributed by atoms with Gasteiger partial charge in [0.05, 0.1) is 4.91 Å². The first kappa shape index (κ1) is 20.0. The molecule has 0 saturated carbocycles. The van der Waals surface area contributed by atoms with Crippen molar-refractivity contribution in [1.29, 1.82) is 0 Å². The summed E-state index contributed by atoms with van der Waals surface area (Å²) in [6, 6.07) is 6.86. The number of aliphatic carboxylic acids is 1. The third-order valence-corrected chi connectivity index (χ3v) is 5.66. The summed E-state index contributed by atoms with van der Waals surface area (Å²) >= 11 is 2.70. The zero-order valence-corrected chi connectivity index (χ0v) is 16.9. The smallest absolute Gasteiger partial charge is 0.341 e. The highest BCUT2D eigenvalue weighted by Crippen LogP contribution is 2.34. The molecule has 0 unspecified atom stereocenters. The van der Waals surface area contributed by atoms with Gasteiger partial charge in [-0.05, 0) is 48.9 Å². The maximum absolute atomic E-state index is 12.7. The molecular formula is C18H18N4O4S2. The van der Waals surface area contributed by atoms with Gasteiger partial charge in [0, 0.05) is 6.54 Å². The maximum atomic E-state index is 12.7. The van der Waals surface area contributed by atoms with Crippen LogP contribution in [0.1, 0.15) is 24.4 Å². The molecule has 1 aliphatic rings. The number of hydrogen-bond donors (Lipinski definition) is 1. The van der Waals surface area contributed by atoms with Crippen molar-refractivity contribution < 1.29 is 19.4 Å². The van der Waals surface area contributed by atoms with E-state index < -0.39 is 12.6 Å². The van der Waals surface area contributed by atoms with Crippen LogP contribution in [0.4, 0.5) is 5.13 Å². The van der Waals surface area contributed by atoms with Gasteiger partial charge in [0.1, 0.15) is 10.8 Å². The van der Waals surface area contributed by atoms with E-state index in [1.54, 1.807) is 35.2 Å². The predicted molar refractivity (Wildman–Crippen MR) is 109 cm³/mol. The monoisotopic (exact) mass is 418 g/mol. The Balaban J connectivity index is 1.78. The lowest BCUT2D eigenvalue weighted by molar-refractivity contribution is -0.139. The molecule has 2 aromatic rings. The van der Waals surface area contributed by atoms with Crippen LogP contribution in [-0.2, 0) is 16.0 Å². The van der Waals surface area contributed by atoms with E-state index in [0.717, 1.165) is 17.0 Å². The Labute approximate surface area is 169 Å². The zero-order valence-electron chi connectivity index (χ0n) is 15.3. The molecule has 10 heteroatoms. The highest BCUT2D eigenvalue weighted by molar-refractivity contribution is 8.18. The van der Waals surface area contributed by atoms with E-state index in [1.165, 1.54) is 23.1 Å². The first-order valence-electron chi connectivity index (χ1n) is 8.57. The fourth-order valence-corrected chi connectivity index (χ4v) is 4.09. The average molecular weight is 419 g/mol. The van der Waals surface area contributed by atoms with Crippen LogP contribution in [0.3, 0.4) is 0 Å². The molecule has 3 rings (SSSR count). The number of aryl methyl sites for hydroxylation is 1. The molecule has 1 aliphatic heterocycles. The van der Waals surface area contributed by atoms with Gasteiger partial charge >= 0.3 is 5.97 Å². The van der Waals surface area contributed by atoms with Crippen molar-refractivity contribution in [3.8, 4) is 5.75 Å². The van der Waals surface area contributed by atoms with Crippen molar-refractivity contribution in [1.82, 2.24) is 15.1 Å². The number of nitrogens with zero attached hydrogens (tertiary/aromatic N) is 4. The van der Waals surface area contributed by atoms with Crippen LogP contribution >= 0.6 is 23.1 Å². The van der Waals surface area contributed by atoms with Gasteiger partial charge < -0.3 is 9.84 Å². The Morgan fingerprint density at radius 1 is 1.29 bits per heavy atom. The molecule has 0 radical (unpaired) electrons. The number of aliphatic imine (C=N–C) groups is 1. The van der Waals surface area contributed by atoms with Gasteiger partial charge in [-0.25, -0.2) is 4.79 Å². The van der Waals surface area contributed by atoms with Crippen LogP contribution in [-0.4, -0.2) is 50.4 Å². The van der Waals surface area contributed by atoms with Crippen LogP contribution in [0, 0.1) is 0 Å². The Hall–Kier alpha value is -2.72. The Morgan fingerprint density at radius 3 is 2.64 bits per heavy atom. The number of ether oxygens (including phenoxy) is 1. The molecule has 146 valence electrons. The van der Waals surface area contributed by atoms with Crippen molar-refractivity contribution in [3.05, 3.63) is 39.7 Å². The van der Waals surface area contributed by atoms with Crippen molar-refractivity contribution >= 4 is 51.4 Å². The summed E-state index contributed by atoms with van der Waals surface area (Å²) in [7, 11) is 0. The van der Waals surface area contributed by atoms with Crippen LogP contribution in [0.25, 0.3) is 6.08 Å². The van der Waals surface area contributed by atoms with Gasteiger partial charge in [-0.1, -0.05) is 30.4 Å². The van der Waals surface area contributed by atoms with Crippen molar-refractivity contribution in [2.24, 2.45) is 4.99 Å². The van der Waals surface area contributed by atoms with E-state index in [1.807, 2.05) is 13.8 Å². The summed E-state index contributed by atoms with van der Waals surface area (Å²) in [4.78, 5) is 29.9. The predicted octanol–water partition coefficient (Wildman–Crippen LogP) is 3.19. The number of thioether (sulfide) groups is 1. The Bertz CT molecular complexity index is 937. The standard InChI is InChI=1S/C18H18N4O4S2/c1-3-14-20-21-17(28-14)19-18-22(4-2)16(25)13(27-18)9-11-5-7-12(8-6-11)26-10-15(23)24/h5-9H,3-4,10H2,1-2H3,(H,23,24)/b13-9+,19-18+. The van der Waals surface area contributed by atoms with Crippen molar-refractivity contribution in [2.45, 2.75) is 20.3 Å². The number of aromatic nitrogens is 2. The molecule has 1 N–H and O–H groups in total. The lowest BCUT2D eigenvalue weighted by atomic mass is 10.2. The molecule has 8 nitrogen and oxygen atoms in total. The molecule has 1 saturated heterocycles. The van der Waals surface area contributed by atoms with E-state index in [-0.39, 0.29) is 5.91 Å². The van der Waals surface area contributed by atoms with Crippen molar-refractivity contribution in [3.63, 3.8) is 0 Å². The summed E-state index contributed by atoms with van der Waals surface area (Å²) in [5.74, 6) is -0.694. The molecule has 0 bridgehead atoms. The normalized spacial score (nSPS) is 16.9. The molecule has 0 aliphatic carbocycles. The second-order valence-corrected chi connectivity index (χ2v) is 7.69. The van der Waals surface area contributed by atoms with Crippen LogP contribution < -0.4 is 4.74 Å². The van der Waals surface area contributed by atoms with Gasteiger partial charge in [0.15, 0.2) is 11.8 Å². The molecule has 2 heterocycles. The summed E-state index contributed by atoms with van der Waals surface area (Å²) < 4.78 is 5.11. The highest BCUT2D eigenvalue weighted by Gasteiger charge is 2.32. The minimum atomic E-state index is -1.04. The average Bonchev–Trinajstić information content (AvgIpc) is 3.25. The summed E-state index contributed by atoms with van der Waals surface area (Å²) in [6.45, 7) is 4.00. The molecule has 28 heavy (non-hydrogen) atoms. The van der Waals surface area contributed by atoms with E-state index in [9.17, 15) is 9.59 Å². The van der Waals surface area contributed by atoms with Gasteiger partial charge in [-0.2, -0.15) is 4.99 Å². The third-order valence-electron chi connectivity index (χ3n) is 3.69. The second-order valence-electron chi connectivity index (χ2n) is 5.64. The Kier molecular flexibility index (Phi) is 6.42. The number of carboxylic acid groups (broad SMARTS) is 1. The lowest BCUT2D eigenvalue weighted by Gasteiger charge is -2.11. The van der Waals surface area contributed by atoms with Gasteiger partial charge in [-0.3, -0.25) is 9.69 Å². The second kappa shape index (κ2) is 8.98. The van der Waals surface area contributed by atoms with E-state index >= 15 is 0 Å². The quantitative estimate of drug-likeness (QED) is 0.689. The minimum Gasteiger partial charge on any atom is -0.482 e. The first-order chi connectivity index (χ1) is 13.5. The first-order valence-corrected chi connectivity index (χ1v) is 10.2. The van der Waals surface area contributed by atoms with Gasteiger partial charge in [0.25, 0.3) is 5.91 Å². The minimum absolute atomic E-state index is 0.113. The number of carbonyl (C=O) groups excluding carboxylic acids is 1. The third kappa shape index (κ3) is 4.76. The number of rotatable bonds is 7. The van der Waals surface area contributed by atoms with Crippen LogP contribution in [0.5, 0.6) is 5.75 Å². The largest absolute Gasteiger partial charge is 0.482 e. The van der Waals surface area contributed by atoms with E-state index in [0.29, 0.717) is 27.5 Å². The molecular weight excluding hydrogens is 400 g/mol. The number of carboxylic acids is 1. The summed E-state index contributed by atoms with van der Waals surface area (Å²) in [6.07, 6.45) is 2.57. The number of hydrogen-bond acceptors (Lipinski definition) is 8. The SMILES string of the molecule is CCc1nnc(/N=C2/S/C(=C/c3ccc(OCC(=O)O)cc3)C(=O)N2CC)s1. The summed E-state index contributed by atoms with van der Waals surface area (Å²) in [5, 5.41) is 18.8. The van der Waals surface area contributed by atoms with Crippen LogP contribution in [0.2, 0.25) is 0 Å². The zero-order chi connectivity index (χ0) is 20.1. The number of benzene rings is 1. The molecule has 1 aromatic carbocycles. The molecule has 0 spiro atoms. The summed E-state index contributed by atoms with van der Waals surface area (Å²) in [5.41, 5.74) is 0.806. The molecule has 1 amide bonds. The number of amidine groups is 1. The highest BCUT2D eigenvalue weighted by atomic mass is 32.2. The topological polar surface area (TPSA) is 105 Å². The number of amides is 1. The van der Waals surface area contributed by atoms with Crippen molar-refractivity contribution in [2.75, 3.05) is 13.2 Å². The van der Waals surface area contributed by atoms with E-state index in [4.69, 9.17) is 9.84 Å². The van der Waals surface area contributed by atoms with Crippen LogP contribution in [0.15, 0.2) is 34.2 Å². The molecule has 1 fully saturated rings. The fraction of sp³-hybridized carbons (Fsp3) is 0.278. The molecule has 0 atom stereocenters. The number of likely N-dealkylation sites (N-methyl/N-ethyl adjacent to an activating group) is 1. The van der Waals surface area contributed by atoms with E-state index in [2.05, 4.69) is 15.2 Å². The molecule has 1 aromatic heterocycles.